The van der Waals surface area contributed by atoms with Gasteiger partial charge in [0, 0.05) is 5.54 Å². The maximum atomic E-state index is 12.5. The van der Waals surface area contributed by atoms with Crippen molar-refractivity contribution < 1.29 is 14.3 Å². The molecule has 0 atom stereocenters. The second-order valence-corrected chi connectivity index (χ2v) is 8.28. The second-order valence-electron chi connectivity index (χ2n) is 8.28. The van der Waals surface area contributed by atoms with Gasteiger partial charge in [-0.25, -0.2) is 0 Å². The molecule has 2 aromatic carbocycles. The Labute approximate surface area is 167 Å². The van der Waals surface area contributed by atoms with Crippen LogP contribution in [0, 0.1) is 6.92 Å². The van der Waals surface area contributed by atoms with Gasteiger partial charge >= 0.3 is 0 Å². The Balaban J connectivity index is 2.09. The van der Waals surface area contributed by atoms with Gasteiger partial charge in [0.2, 0.25) is 0 Å². The van der Waals surface area contributed by atoms with Crippen LogP contribution in [0.5, 0.6) is 5.75 Å². The fraction of sp³-hybridized carbons (Fsp3) is 0.391. The van der Waals surface area contributed by atoms with E-state index in [-0.39, 0.29) is 24.0 Å². The van der Waals surface area contributed by atoms with Gasteiger partial charge in [0.15, 0.2) is 6.61 Å². The smallest absolute Gasteiger partial charge is 0.262 e. The molecule has 0 unspecified atom stereocenters. The number of rotatable bonds is 6. The van der Waals surface area contributed by atoms with E-state index in [1.807, 2.05) is 45.9 Å². The first-order valence-corrected chi connectivity index (χ1v) is 9.51. The highest BCUT2D eigenvalue weighted by atomic mass is 16.5. The number of hydrogen-bond acceptors (Lipinski definition) is 3. The maximum absolute atomic E-state index is 12.5. The predicted molar refractivity (Wildman–Crippen MR) is 113 cm³/mol. The lowest BCUT2D eigenvalue weighted by Gasteiger charge is -2.21. The highest BCUT2D eigenvalue weighted by molar-refractivity contribution is 6.04. The lowest BCUT2D eigenvalue weighted by Crippen LogP contribution is -2.41. The number of para-hydroxylation sites is 1. The Hall–Kier alpha value is -2.82. The third kappa shape index (κ3) is 6.12. The molecule has 0 saturated carbocycles. The normalized spacial score (nSPS) is 11.2. The minimum absolute atomic E-state index is 0.127. The van der Waals surface area contributed by atoms with Gasteiger partial charge in [0.1, 0.15) is 5.75 Å². The minimum atomic E-state index is -0.365. The van der Waals surface area contributed by atoms with Crippen molar-refractivity contribution in [2.45, 2.75) is 53.0 Å². The van der Waals surface area contributed by atoms with Gasteiger partial charge in [-0.2, -0.15) is 0 Å². The van der Waals surface area contributed by atoms with Gasteiger partial charge in [-0.1, -0.05) is 38.1 Å². The van der Waals surface area contributed by atoms with E-state index in [0.29, 0.717) is 22.9 Å². The van der Waals surface area contributed by atoms with E-state index >= 15 is 0 Å². The third-order valence-electron chi connectivity index (χ3n) is 4.08. The zero-order valence-corrected chi connectivity index (χ0v) is 17.6. The molecule has 2 rings (SSSR count). The average molecular weight is 383 g/mol. The Morgan fingerprint density at radius 1 is 1.07 bits per heavy atom. The third-order valence-corrected chi connectivity index (χ3v) is 4.08. The van der Waals surface area contributed by atoms with E-state index in [1.165, 1.54) is 0 Å². The van der Waals surface area contributed by atoms with Crippen molar-refractivity contribution >= 4 is 17.5 Å². The molecule has 0 bridgehead atoms. The summed E-state index contributed by atoms with van der Waals surface area (Å²) < 4.78 is 5.78. The lowest BCUT2D eigenvalue weighted by atomic mass is 10.0. The first-order valence-electron chi connectivity index (χ1n) is 9.51. The summed E-state index contributed by atoms with van der Waals surface area (Å²) in [6.45, 7) is 11.8. The Morgan fingerprint density at radius 2 is 1.75 bits per heavy atom. The number of carbonyl (C=O) groups excluding carboxylic acids is 2. The highest BCUT2D eigenvalue weighted by Crippen LogP contribution is 2.27. The number of hydrogen-bond donors (Lipinski definition) is 2. The molecule has 2 N–H and O–H groups in total. The molecular weight excluding hydrogens is 352 g/mol. The summed E-state index contributed by atoms with van der Waals surface area (Å²) in [5.74, 6) is 0.460. The quantitative estimate of drug-likeness (QED) is 0.763. The van der Waals surface area contributed by atoms with Crippen molar-refractivity contribution in [1.82, 2.24) is 5.32 Å². The van der Waals surface area contributed by atoms with Crippen LogP contribution < -0.4 is 15.4 Å². The summed E-state index contributed by atoms with van der Waals surface area (Å²) in [6, 6.07) is 12.9. The van der Waals surface area contributed by atoms with Crippen LogP contribution in [0.1, 0.15) is 62.0 Å². The molecule has 0 aliphatic carbocycles. The number of carbonyl (C=O) groups is 2. The molecule has 5 heteroatoms. The van der Waals surface area contributed by atoms with E-state index in [4.69, 9.17) is 4.74 Å². The molecule has 0 fully saturated rings. The first kappa shape index (κ1) is 21.5. The molecule has 2 aromatic rings. The van der Waals surface area contributed by atoms with Crippen molar-refractivity contribution in [3.63, 3.8) is 0 Å². The number of aryl methyl sites for hydroxylation is 1. The molecule has 0 aliphatic rings. The molecular formula is C23H30N2O3. The van der Waals surface area contributed by atoms with E-state index in [9.17, 15) is 9.59 Å². The van der Waals surface area contributed by atoms with Crippen LogP contribution >= 0.6 is 0 Å². The van der Waals surface area contributed by atoms with Gasteiger partial charge in [-0.05, 0) is 62.9 Å². The van der Waals surface area contributed by atoms with Crippen LogP contribution in [0.25, 0.3) is 0 Å². The van der Waals surface area contributed by atoms with Crippen molar-refractivity contribution in [3.05, 3.63) is 59.2 Å². The van der Waals surface area contributed by atoms with Crippen LogP contribution in [0.3, 0.4) is 0 Å². The van der Waals surface area contributed by atoms with Crippen molar-refractivity contribution in [1.29, 1.82) is 0 Å². The largest absolute Gasteiger partial charge is 0.483 e. The summed E-state index contributed by atoms with van der Waals surface area (Å²) in [7, 11) is 0. The van der Waals surface area contributed by atoms with E-state index in [0.717, 1.165) is 11.1 Å². The zero-order chi connectivity index (χ0) is 20.9. The molecule has 0 radical (unpaired) electrons. The number of amides is 2. The van der Waals surface area contributed by atoms with Gasteiger partial charge in [-0.3, -0.25) is 9.59 Å². The number of ether oxygens (including phenoxy) is 1. The van der Waals surface area contributed by atoms with E-state index in [2.05, 4.69) is 24.5 Å². The summed E-state index contributed by atoms with van der Waals surface area (Å²) in [5, 5.41) is 5.70. The van der Waals surface area contributed by atoms with Gasteiger partial charge < -0.3 is 15.4 Å². The maximum Gasteiger partial charge on any atom is 0.262 e. The van der Waals surface area contributed by atoms with E-state index in [1.54, 1.807) is 24.3 Å². The molecule has 0 saturated heterocycles. The van der Waals surface area contributed by atoms with Crippen LogP contribution in [0.4, 0.5) is 5.69 Å². The van der Waals surface area contributed by atoms with Gasteiger partial charge in [0.25, 0.3) is 11.8 Å². The van der Waals surface area contributed by atoms with Crippen LogP contribution in [0.2, 0.25) is 0 Å². The summed E-state index contributed by atoms with van der Waals surface area (Å²) in [6.07, 6.45) is 0. The first-order chi connectivity index (χ1) is 13.1. The summed E-state index contributed by atoms with van der Waals surface area (Å²) in [4.78, 5) is 24.9. The molecule has 28 heavy (non-hydrogen) atoms. The molecule has 150 valence electrons. The molecule has 0 spiro atoms. The Bertz CT molecular complexity index is 851. The molecule has 0 aliphatic heterocycles. The predicted octanol–water partition coefficient (Wildman–Crippen LogP) is 4.66. The van der Waals surface area contributed by atoms with Gasteiger partial charge in [0.05, 0.1) is 11.3 Å². The number of benzene rings is 2. The minimum Gasteiger partial charge on any atom is -0.483 e. The summed E-state index contributed by atoms with van der Waals surface area (Å²) >= 11 is 0. The molecule has 5 nitrogen and oxygen atoms in total. The average Bonchev–Trinajstić information content (AvgIpc) is 2.58. The highest BCUT2D eigenvalue weighted by Gasteiger charge is 2.19. The van der Waals surface area contributed by atoms with Crippen LogP contribution in [0.15, 0.2) is 42.5 Å². The number of nitrogens with one attached hydrogen (secondary N) is 2. The lowest BCUT2D eigenvalue weighted by molar-refractivity contribution is -0.118. The zero-order valence-electron chi connectivity index (χ0n) is 17.6. The second kappa shape index (κ2) is 8.91. The molecule has 2 amide bonds. The van der Waals surface area contributed by atoms with Crippen LogP contribution in [-0.4, -0.2) is 24.0 Å². The topological polar surface area (TPSA) is 67.4 Å². The standard InChI is InChI=1S/C23H30N2O3/c1-15(2)17-12-11-16(3)13-20(17)28-14-21(26)24-19-10-8-7-9-18(19)22(27)25-23(4,5)6/h7-13,15H,14H2,1-6H3,(H,24,26)(H,25,27). The Kier molecular flexibility index (Phi) is 6.84. The van der Waals surface area contributed by atoms with Gasteiger partial charge in [-0.15, -0.1) is 0 Å². The Morgan fingerprint density at radius 3 is 2.39 bits per heavy atom. The monoisotopic (exact) mass is 382 g/mol. The van der Waals surface area contributed by atoms with Crippen molar-refractivity contribution in [2.24, 2.45) is 0 Å². The summed E-state index contributed by atoms with van der Waals surface area (Å²) in [5.41, 5.74) is 2.65. The fourth-order valence-corrected chi connectivity index (χ4v) is 2.77. The fourth-order valence-electron chi connectivity index (χ4n) is 2.77. The molecule has 0 heterocycles. The van der Waals surface area contributed by atoms with Crippen molar-refractivity contribution in [2.75, 3.05) is 11.9 Å². The van der Waals surface area contributed by atoms with E-state index < -0.39 is 0 Å². The van der Waals surface area contributed by atoms with Crippen LogP contribution in [-0.2, 0) is 4.79 Å². The molecule has 0 aromatic heterocycles. The van der Waals surface area contributed by atoms with Crippen molar-refractivity contribution in [3.8, 4) is 5.75 Å². The SMILES string of the molecule is Cc1ccc(C(C)C)c(OCC(=O)Nc2ccccc2C(=O)NC(C)(C)C)c1. The number of anilines is 1.